The van der Waals surface area contributed by atoms with E-state index in [0.29, 0.717) is 0 Å². The van der Waals surface area contributed by atoms with Crippen LogP contribution in [-0.4, -0.2) is 28.9 Å². The van der Waals surface area contributed by atoms with E-state index in [9.17, 15) is 4.79 Å². The van der Waals surface area contributed by atoms with Crippen LogP contribution in [0.1, 0.15) is 34.1 Å². The molecule has 1 aliphatic heterocycles. The number of anilines is 3. The molecule has 0 spiro atoms. The van der Waals surface area contributed by atoms with Crippen molar-refractivity contribution in [3.8, 4) is 0 Å². The van der Waals surface area contributed by atoms with Crippen LogP contribution in [0.5, 0.6) is 0 Å². The number of pyridine rings is 1. The molecule has 0 atom stereocenters. The minimum atomic E-state index is -0.0963. The van der Waals surface area contributed by atoms with Crippen LogP contribution in [0.15, 0.2) is 72.8 Å². The van der Waals surface area contributed by atoms with Crippen LogP contribution in [0.3, 0.4) is 0 Å². The topological polar surface area (TPSA) is 57.3 Å². The molecule has 1 amide bonds. The largest absolute Gasteiger partial charge is 0.354 e. The molecule has 0 saturated heterocycles. The third-order valence-electron chi connectivity index (χ3n) is 6.31. The van der Waals surface area contributed by atoms with Crippen molar-refractivity contribution in [1.82, 2.24) is 9.88 Å². The van der Waals surface area contributed by atoms with Crippen LogP contribution in [0.25, 0.3) is 10.9 Å². The number of aryl methyl sites for hydroxylation is 1. The highest BCUT2D eigenvalue weighted by Gasteiger charge is 2.25. The van der Waals surface area contributed by atoms with Crippen LogP contribution in [0.2, 0.25) is 0 Å². The monoisotopic (exact) mass is 436 g/mol. The number of carbonyl (C=O) groups is 1. The summed E-state index contributed by atoms with van der Waals surface area (Å²) in [5, 5.41) is 7.52. The molecule has 0 bridgehead atoms. The second-order valence-corrected chi connectivity index (χ2v) is 8.54. The first-order chi connectivity index (χ1) is 16.1. The number of likely N-dealkylation sites (N-methyl/N-ethyl adjacent to an activating group) is 1. The molecule has 0 aliphatic carbocycles. The maximum atomic E-state index is 13.8. The van der Waals surface area contributed by atoms with Crippen molar-refractivity contribution in [2.24, 2.45) is 0 Å². The van der Waals surface area contributed by atoms with E-state index in [1.807, 2.05) is 60.7 Å². The molecule has 0 radical (unpaired) electrons. The van der Waals surface area contributed by atoms with Gasteiger partial charge in [-0.15, -0.1) is 0 Å². The smallest absolute Gasteiger partial charge is 0.256 e. The molecule has 166 valence electrons. The Morgan fingerprint density at radius 3 is 2.48 bits per heavy atom. The summed E-state index contributed by atoms with van der Waals surface area (Å²) in [4.78, 5) is 21.0. The predicted octanol–water partition coefficient (Wildman–Crippen LogP) is 5.92. The fourth-order valence-corrected chi connectivity index (χ4v) is 4.45. The summed E-state index contributed by atoms with van der Waals surface area (Å²) in [5.74, 6) is -0.0963. The lowest BCUT2D eigenvalue weighted by Crippen LogP contribution is -2.33. The van der Waals surface area contributed by atoms with Crippen LogP contribution in [0.4, 0.5) is 17.1 Å². The lowest BCUT2D eigenvalue weighted by atomic mass is 9.95. The molecule has 0 saturated carbocycles. The lowest BCUT2D eigenvalue weighted by Gasteiger charge is -2.29. The molecular weight excluding hydrogens is 408 g/mol. The molecule has 0 unspecified atom stereocenters. The third-order valence-corrected chi connectivity index (χ3v) is 6.31. The van der Waals surface area contributed by atoms with Gasteiger partial charge in [0.15, 0.2) is 0 Å². The van der Waals surface area contributed by atoms with Crippen molar-refractivity contribution >= 4 is 33.9 Å². The van der Waals surface area contributed by atoms with Gasteiger partial charge >= 0.3 is 0 Å². The number of fused-ring (bicyclic) bond motifs is 2. The van der Waals surface area contributed by atoms with Crippen LogP contribution >= 0.6 is 0 Å². The highest BCUT2D eigenvalue weighted by atomic mass is 16.1. The second-order valence-electron chi connectivity index (χ2n) is 8.54. The number of hydrogen-bond acceptors (Lipinski definition) is 4. The summed E-state index contributed by atoms with van der Waals surface area (Å²) >= 11 is 0. The Bertz CT molecular complexity index is 1310. The van der Waals surface area contributed by atoms with Gasteiger partial charge in [-0.1, -0.05) is 55.0 Å². The molecule has 2 heterocycles. The molecular formula is C28H28N4O. The summed E-state index contributed by atoms with van der Waals surface area (Å²) in [6, 6.07) is 24.0. The van der Waals surface area contributed by atoms with Gasteiger partial charge in [0.2, 0.25) is 0 Å². The van der Waals surface area contributed by atoms with E-state index < -0.39 is 0 Å². The normalized spacial score (nSPS) is 13.5. The SMILES string of the molecule is CCN1CCc2nc3ccccc3c(C(=O)Nc3ccccc3Nc3ccc(C)cc3)c2C1. The highest BCUT2D eigenvalue weighted by molar-refractivity contribution is 6.14. The number of carbonyl (C=O) groups excluding carboxylic acids is 1. The van der Waals surface area contributed by atoms with E-state index in [2.05, 4.69) is 41.5 Å². The Labute approximate surface area is 194 Å². The van der Waals surface area contributed by atoms with Crippen molar-refractivity contribution in [3.05, 3.63) is 95.2 Å². The quantitative estimate of drug-likeness (QED) is 0.408. The van der Waals surface area contributed by atoms with Crippen molar-refractivity contribution in [3.63, 3.8) is 0 Å². The fourth-order valence-electron chi connectivity index (χ4n) is 4.45. The molecule has 5 rings (SSSR count). The maximum absolute atomic E-state index is 13.8. The number of aromatic nitrogens is 1. The fraction of sp³-hybridized carbons (Fsp3) is 0.214. The van der Waals surface area contributed by atoms with Gasteiger partial charge in [0.25, 0.3) is 5.91 Å². The van der Waals surface area contributed by atoms with Gasteiger partial charge in [0, 0.05) is 41.8 Å². The Morgan fingerprint density at radius 2 is 1.70 bits per heavy atom. The molecule has 4 aromatic rings. The summed E-state index contributed by atoms with van der Waals surface area (Å²) in [6.45, 7) is 6.90. The number of rotatable bonds is 5. The number of hydrogen-bond donors (Lipinski definition) is 2. The van der Waals surface area contributed by atoms with Crippen molar-refractivity contribution < 1.29 is 4.79 Å². The number of nitrogens with zero attached hydrogens (tertiary/aromatic N) is 2. The Hall–Kier alpha value is -3.70. The molecule has 33 heavy (non-hydrogen) atoms. The zero-order valence-electron chi connectivity index (χ0n) is 19.1. The molecule has 2 N–H and O–H groups in total. The van der Waals surface area contributed by atoms with E-state index in [0.717, 1.165) is 70.8 Å². The molecule has 1 aromatic heterocycles. The van der Waals surface area contributed by atoms with Crippen molar-refractivity contribution in [2.45, 2.75) is 26.8 Å². The molecule has 5 heteroatoms. The van der Waals surface area contributed by atoms with Crippen molar-refractivity contribution in [2.75, 3.05) is 23.7 Å². The van der Waals surface area contributed by atoms with Crippen LogP contribution < -0.4 is 10.6 Å². The van der Waals surface area contributed by atoms with Gasteiger partial charge in [0.05, 0.1) is 22.5 Å². The first-order valence-corrected chi connectivity index (χ1v) is 11.5. The molecule has 1 aliphatic rings. The minimum Gasteiger partial charge on any atom is -0.354 e. The zero-order valence-corrected chi connectivity index (χ0v) is 19.1. The Morgan fingerprint density at radius 1 is 0.970 bits per heavy atom. The summed E-state index contributed by atoms with van der Waals surface area (Å²) < 4.78 is 0. The van der Waals surface area contributed by atoms with E-state index in [-0.39, 0.29) is 5.91 Å². The highest BCUT2D eigenvalue weighted by Crippen LogP contribution is 2.31. The maximum Gasteiger partial charge on any atom is 0.256 e. The average molecular weight is 437 g/mol. The number of para-hydroxylation sites is 3. The minimum absolute atomic E-state index is 0.0963. The summed E-state index contributed by atoms with van der Waals surface area (Å²) in [7, 11) is 0. The van der Waals surface area contributed by atoms with E-state index in [1.54, 1.807) is 0 Å². The number of amides is 1. The Balaban J connectivity index is 1.52. The van der Waals surface area contributed by atoms with Crippen LogP contribution in [0, 0.1) is 6.92 Å². The van der Waals surface area contributed by atoms with Gasteiger partial charge in [-0.05, 0) is 43.8 Å². The van der Waals surface area contributed by atoms with Crippen LogP contribution in [-0.2, 0) is 13.0 Å². The zero-order chi connectivity index (χ0) is 22.8. The number of nitrogens with one attached hydrogen (secondary N) is 2. The lowest BCUT2D eigenvalue weighted by molar-refractivity contribution is 0.102. The first-order valence-electron chi connectivity index (χ1n) is 11.5. The van der Waals surface area contributed by atoms with E-state index >= 15 is 0 Å². The standard InChI is InChI=1S/C28H28N4O/c1-3-32-17-16-24-22(18-32)27(21-8-4-5-9-23(21)30-24)28(33)31-26-11-7-6-10-25(26)29-20-14-12-19(2)13-15-20/h4-15,29H,3,16-18H2,1-2H3,(H,31,33). The van der Waals surface area contributed by atoms with Gasteiger partial charge in [-0.2, -0.15) is 0 Å². The summed E-state index contributed by atoms with van der Waals surface area (Å²) in [6.07, 6.45) is 0.861. The Kier molecular flexibility index (Phi) is 5.80. The average Bonchev–Trinajstić information content (AvgIpc) is 2.84. The summed E-state index contributed by atoms with van der Waals surface area (Å²) in [5.41, 5.74) is 7.48. The first kappa shape index (κ1) is 21.2. The third kappa shape index (κ3) is 4.32. The van der Waals surface area contributed by atoms with Crippen molar-refractivity contribution in [1.29, 1.82) is 0 Å². The van der Waals surface area contributed by atoms with E-state index in [1.165, 1.54) is 5.56 Å². The molecule has 3 aromatic carbocycles. The second kappa shape index (κ2) is 9.04. The molecule has 5 nitrogen and oxygen atoms in total. The van der Waals surface area contributed by atoms with Gasteiger partial charge in [-0.25, -0.2) is 0 Å². The van der Waals surface area contributed by atoms with Gasteiger partial charge in [0.1, 0.15) is 0 Å². The van der Waals surface area contributed by atoms with Gasteiger partial charge in [-0.3, -0.25) is 14.7 Å². The van der Waals surface area contributed by atoms with E-state index in [4.69, 9.17) is 4.98 Å². The number of benzene rings is 3. The predicted molar refractivity (Wildman–Crippen MR) is 135 cm³/mol. The van der Waals surface area contributed by atoms with Gasteiger partial charge < -0.3 is 10.6 Å². The molecule has 0 fully saturated rings.